The molecule has 0 aliphatic rings. The van der Waals surface area contributed by atoms with Crippen LogP contribution in [0.15, 0.2) is 18.7 Å². The minimum atomic E-state index is -0.946. The first kappa shape index (κ1) is 9.38. The van der Waals surface area contributed by atoms with Crippen molar-refractivity contribution in [2.45, 2.75) is 13.0 Å². The maximum atomic E-state index is 10.6. The van der Waals surface area contributed by atoms with Crippen molar-refractivity contribution in [2.24, 2.45) is 0 Å². The summed E-state index contributed by atoms with van der Waals surface area (Å²) in [4.78, 5) is 14.6. The molecule has 2 heterocycles. The van der Waals surface area contributed by atoms with Crippen molar-refractivity contribution in [2.75, 3.05) is 5.32 Å². The topological polar surface area (TPSA) is 92.4 Å². The third-order valence-corrected chi connectivity index (χ3v) is 1.94. The molecule has 0 spiro atoms. The Labute approximate surface area is 84.8 Å². The summed E-state index contributed by atoms with van der Waals surface area (Å²) in [6.07, 6.45) is 4.76. The van der Waals surface area contributed by atoms with Crippen molar-refractivity contribution in [1.29, 1.82) is 0 Å². The van der Waals surface area contributed by atoms with E-state index in [1.807, 2.05) is 0 Å². The molecule has 0 aliphatic carbocycles. The highest BCUT2D eigenvalue weighted by Crippen LogP contribution is 2.10. The van der Waals surface area contributed by atoms with E-state index in [1.165, 1.54) is 13.3 Å². The van der Waals surface area contributed by atoms with Crippen LogP contribution in [-0.4, -0.2) is 36.7 Å². The molecular weight excluding hydrogens is 198 g/mol. The van der Waals surface area contributed by atoms with E-state index in [9.17, 15) is 4.79 Å². The van der Waals surface area contributed by atoms with E-state index in [0.717, 1.165) is 0 Å². The summed E-state index contributed by atoms with van der Waals surface area (Å²) in [5.74, 6) is -0.539. The molecule has 2 rings (SSSR count). The van der Waals surface area contributed by atoms with Gasteiger partial charge in [-0.1, -0.05) is 0 Å². The highest BCUT2D eigenvalue weighted by molar-refractivity contribution is 5.78. The molecule has 0 amide bonds. The molecule has 0 saturated heterocycles. The zero-order valence-corrected chi connectivity index (χ0v) is 7.95. The van der Waals surface area contributed by atoms with E-state index in [-0.39, 0.29) is 0 Å². The summed E-state index contributed by atoms with van der Waals surface area (Å²) in [5.41, 5.74) is 0.505. The first-order valence-corrected chi connectivity index (χ1v) is 4.32. The maximum Gasteiger partial charge on any atom is 0.325 e. The first-order chi connectivity index (χ1) is 7.18. The fourth-order valence-corrected chi connectivity index (χ4v) is 1.13. The maximum absolute atomic E-state index is 10.6. The standard InChI is InChI=1S/C8H9N5O2/c1-5(8(14)15)11-6-7-12-10-4-13(7)3-2-9-6/h2-5H,1H3,(H,9,11)(H,14,15). The van der Waals surface area contributed by atoms with Gasteiger partial charge >= 0.3 is 5.97 Å². The normalized spacial score (nSPS) is 12.6. The van der Waals surface area contributed by atoms with Crippen molar-refractivity contribution >= 4 is 17.4 Å². The SMILES string of the molecule is CC(Nc1nccn2cnnc12)C(=O)O. The van der Waals surface area contributed by atoms with Gasteiger partial charge in [-0.2, -0.15) is 0 Å². The van der Waals surface area contributed by atoms with Crippen molar-refractivity contribution in [1.82, 2.24) is 19.6 Å². The van der Waals surface area contributed by atoms with Gasteiger partial charge in [-0.3, -0.25) is 9.20 Å². The highest BCUT2D eigenvalue weighted by Gasteiger charge is 2.13. The molecule has 0 saturated carbocycles. The first-order valence-electron chi connectivity index (χ1n) is 4.32. The Balaban J connectivity index is 2.35. The number of aliphatic carboxylic acids is 1. The summed E-state index contributed by atoms with van der Waals surface area (Å²) in [7, 11) is 0. The van der Waals surface area contributed by atoms with Gasteiger partial charge < -0.3 is 10.4 Å². The zero-order valence-electron chi connectivity index (χ0n) is 7.95. The summed E-state index contributed by atoms with van der Waals surface area (Å²) < 4.78 is 1.66. The molecule has 78 valence electrons. The van der Waals surface area contributed by atoms with Crippen molar-refractivity contribution in [3.05, 3.63) is 18.7 Å². The van der Waals surface area contributed by atoms with Gasteiger partial charge in [0.25, 0.3) is 0 Å². The van der Waals surface area contributed by atoms with Gasteiger partial charge in [0.2, 0.25) is 5.65 Å². The average molecular weight is 207 g/mol. The second kappa shape index (κ2) is 3.52. The number of carbonyl (C=O) groups is 1. The number of hydrogen-bond donors (Lipinski definition) is 2. The second-order valence-electron chi connectivity index (χ2n) is 3.04. The molecular formula is C8H9N5O2. The number of hydrogen-bond acceptors (Lipinski definition) is 5. The Kier molecular flexibility index (Phi) is 2.20. The number of anilines is 1. The lowest BCUT2D eigenvalue weighted by molar-refractivity contribution is -0.137. The van der Waals surface area contributed by atoms with Crippen LogP contribution in [0.2, 0.25) is 0 Å². The summed E-state index contributed by atoms with van der Waals surface area (Å²) >= 11 is 0. The Bertz CT molecular complexity index is 494. The van der Waals surface area contributed by atoms with E-state index in [4.69, 9.17) is 5.11 Å². The van der Waals surface area contributed by atoms with Crippen LogP contribution < -0.4 is 5.32 Å². The molecule has 0 fully saturated rings. The number of carboxylic acid groups (broad SMARTS) is 1. The van der Waals surface area contributed by atoms with Crippen molar-refractivity contribution in [3.8, 4) is 0 Å². The zero-order chi connectivity index (χ0) is 10.8. The number of fused-ring (bicyclic) bond motifs is 1. The van der Waals surface area contributed by atoms with Crippen LogP contribution in [0.4, 0.5) is 5.82 Å². The van der Waals surface area contributed by atoms with Crippen LogP contribution in [0.25, 0.3) is 5.65 Å². The van der Waals surface area contributed by atoms with E-state index in [1.54, 1.807) is 16.8 Å². The van der Waals surface area contributed by atoms with Gasteiger partial charge in [0, 0.05) is 12.4 Å². The number of nitrogens with zero attached hydrogens (tertiary/aromatic N) is 4. The fourth-order valence-electron chi connectivity index (χ4n) is 1.13. The molecule has 0 aliphatic heterocycles. The van der Waals surface area contributed by atoms with Crippen molar-refractivity contribution < 1.29 is 9.90 Å². The van der Waals surface area contributed by atoms with Gasteiger partial charge in [-0.05, 0) is 6.92 Å². The molecule has 0 aromatic carbocycles. The molecule has 1 unspecified atom stereocenters. The third-order valence-electron chi connectivity index (χ3n) is 1.94. The largest absolute Gasteiger partial charge is 0.480 e. The van der Waals surface area contributed by atoms with E-state index < -0.39 is 12.0 Å². The Morgan fingerprint density at radius 2 is 2.47 bits per heavy atom. The van der Waals surface area contributed by atoms with Crippen LogP contribution in [0.5, 0.6) is 0 Å². The predicted molar refractivity (Wildman–Crippen MR) is 51.5 cm³/mol. The quantitative estimate of drug-likeness (QED) is 0.736. The lowest BCUT2D eigenvalue weighted by Crippen LogP contribution is -2.26. The summed E-state index contributed by atoms with van der Waals surface area (Å²) in [6.45, 7) is 1.53. The van der Waals surface area contributed by atoms with Gasteiger partial charge in [0.15, 0.2) is 5.82 Å². The van der Waals surface area contributed by atoms with Crippen LogP contribution in [0, 0.1) is 0 Å². The van der Waals surface area contributed by atoms with E-state index >= 15 is 0 Å². The molecule has 1 atom stereocenters. The van der Waals surface area contributed by atoms with E-state index in [2.05, 4.69) is 20.5 Å². The number of nitrogens with one attached hydrogen (secondary N) is 1. The fraction of sp³-hybridized carbons (Fsp3) is 0.250. The molecule has 2 N–H and O–H groups in total. The van der Waals surface area contributed by atoms with Gasteiger partial charge in [0.05, 0.1) is 0 Å². The van der Waals surface area contributed by atoms with E-state index in [0.29, 0.717) is 11.5 Å². The molecule has 7 heteroatoms. The smallest absolute Gasteiger partial charge is 0.325 e. The van der Waals surface area contributed by atoms with Crippen LogP contribution >= 0.6 is 0 Å². The van der Waals surface area contributed by atoms with Gasteiger partial charge in [0.1, 0.15) is 12.4 Å². The minimum absolute atomic E-state index is 0.407. The lowest BCUT2D eigenvalue weighted by atomic mass is 10.3. The summed E-state index contributed by atoms with van der Waals surface area (Å²) in [5, 5.41) is 19.0. The molecule has 0 radical (unpaired) electrons. The molecule has 15 heavy (non-hydrogen) atoms. The number of carboxylic acids is 1. The van der Waals surface area contributed by atoms with Crippen LogP contribution in [0.3, 0.4) is 0 Å². The summed E-state index contributed by atoms with van der Waals surface area (Å²) in [6, 6.07) is -0.722. The number of aromatic nitrogens is 4. The van der Waals surface area contributed by atoms with Crippen molar-refractivity contribution in [3.63, 3.8) is 0 Å². The second-order valence-corrected chi connectivity index (χ2v) is 3.04. The van der Waals surface area contributed by atoms with Gasteiger partial charge in [-0.25, -0.2) is 4.98 Å². The van der Waals surface area contributed by atoms with Crippen LogP contribution in [-0.2, 0) is 4.79 Å². The van der Waals surface area contributed by atoms with Crippen LogP contribution in [0.1, 0.15) is 6.92 Å². The predicted octanol–water partition coefficient (Wildman–Crippen LogP) is 0.00930. The molecule has 2 aromatic rings. The Hall–Kier alpha value is -2.18. The number of rotatable bonds is 3. The molecule has 2 aromatic heterocycles. The van der Waals surface area contributed by atoms with Gasteiger partial charge in [-0.15, -0.1) is 10.2 Å². The molecule has 0 bridgehead atoms. The third kappa shape index (κ3) is 1.71. The monoisotopic (exact) mass is 207 g/mol. The lowest BCUT2D eigenvalue weighted by Gasteiger charge is -2.09. The molecule has 7 nitrogen and oxygen atoms in total. The Morgan fingerprint density at radius 3 is 3.20 bits per heavy atom. The highest BCUT2D eigenvalue weighted by atomic mass is 16.4. The Morgan fingerprint density at radius 1 is 1.67 bits per heavy atom. The average Bonchev–Trinajstić information content (AvgIpc) is 2.66. The minimum Gasteiger partial charge on any atom is -0.480 e.